The van der Waals surface area contributed by atoms with Gasteiger partial charge < -0.3 is 21.3 Å². The lowest BCUT2D eigenvalue weighted by Crippen LogP contribution is -2.43. The molecule has 1 aromatic rings. The number of anilines is 2. The molecule has 2 rings (SSSR count). The Labute approximate surface area is 130 Å². The number of hydrogen-bond acceptors (Lipinski definition) is 6. The molecule has 4 N–H and O–H groups in total. The van der Waals surface area contributed by atoms with Gasteiger partial charge in [0, 0.05) is 32.7 Å². The second-order valence-corrected chi connectivity index (χ2v) is 7.13. The second kappa shape index (κ2) is 6.62. The van der Waals surface area contributed by atoms with Crippen molar-refractivity contribution in [2.24, 2.45) is 5.41 Å². The SMILES string of the molecule is CCC(C)(C)CNC(=O)c1sc(N2CCNCC2)nc1N. The Morgan fingerprint density at radius 2 is 2.14 bits per heavy atom. The van der Waals surface area contributed by atoms with Crippen molar-refractivity contribution in [1.29, 1.82) is 0 Å². The van der Waals surface area contributed by atoms with Crippen LogP contribution in [0.15, 0.2) is 0 Å². The molecule has 1 fully saturated rings. The highest BCUT2D eigenvalue weighted by molar-refractivity contribution is 7.18. The lowest BCUT2D eigenvalue weighted by Gasteiger charge is -2.26. The fraction of sp³-hybridized carbons (Fsp3) is 0.714. The summed E-state index contributed by atoms with van der Waals surface area (Å²) in [6, 6.07) is 0. The molecular weight excluding hydrogens is 286 g/mol. The molecule has 6 nitrogen and oxygen atoms in total. The van der Waals surface area contributed by atoms with E-state index < -0.39 is 0 Å². The molecule has 7 heteroatoms. The molecule has 1 amide bonds. The first-order valence-electron chi connectivity index (χ1n) is 7.43. The van der Waals surface area contributed by atoms with E-state index in [0.29, 0.717) is 17.2 Å². The number of carbonyl (C=O) groups is 1. The van der Waals surface area contributed by atoms with E-state index in [-0.39, 0.29) is 11.3 Å². The van der Waals surface area contributed by atoms with Crippen LogP contribution in [0.3, 0.4) is 0 Å². The van der Waals surface area contributed by atoms with Crippen LogP contribution in [0, 0.1) is 5.41 Å². The van der Waals surface area contributed by atoms with Gasteiger partial charge in [-0.25, -0.2) is 4.98 Å². The molecule has 2 heterocycles. The molecule has 0 radical (unpaired) electrons. The predicted octanol–water partition coefficient (Wildman–Crippen LogP) is 1.30. The Morgan fingerprint density at radius 3 is 2.76 bits per heavy atom. The number of thiazole rings is 1. The van der Waals surface area contributed by atoms with Crippen LogP contribution in [0.4, 0.5) is 10.9 Å². The van der Waals surface area contributed by atoms with Gasteiger partial charge in [0.15, 0.2) is 5.13 Å². The first kappa shape index (κ1) is 16.0. The van der Waals surface area contributed by atoms with E-state index in [0.717, 1.165) is 37.7 Å². The maximum absolute atomic E-state index is 12.3. The summed E-state index contributed by atoms with van der Waals surface area (Å²) in [5.41, 5.74) is 6.01. The number of amides is 1. The molecule has 0 aromatic carbocycles. The van der Waals surface area contributed by atoms with Crippen molar-refractivity contribution in [2.45, 2.75) is 27.2 Å². The summed E-state index contributed by atoms with van der Waals surface area (Å²) in [7, 11) is 0. The summed E-state index contributed by atoms with van der Waals surface area (Å²) in [6.07, 6.45) is 1.01. The highest BCUT2D eigenvalue weighted by Crippen LogP contribution is 2.28. The van der Waals surface area contributed by atoms with Crippen molar-refractivity contribution < 1.29 is 4.79 Å². The Kier molecular flexibility index (Phi) is 5.05. The predicted molar refractivity (Wildman–Crippen MR) is 88.0 cm³/mol. The zero-order valence-corrected chi connectivity index (χ0v) is 13.8. The minimum Gasteiger partial charge on any atom is -0.382 e. The van der Waals surface area contributed by atoms with E-state index in [1.54, 1.807) is 0 Å². The lowest BCUT2D eigenvalue weighted by atomic mass is 9.90. The number of nitrogens with two attached hydrogens (primary N) is 1. The minimum absolute atomic E-state index is 0.0937. The molecule has 118 valence electrons. The maximum atomic E-state index is 12.3. The standard InChI is InChI=1S/C14H25N5OS/c1-4-14(2,3)9-17-12(20)10-11(15)18-13(21-10)19-7-5-16-6-8-19/h16H,4-9,15H2,1-3H3,(H,17,20). The van der Waals surface area contributed by atoms with Gasteiger partial charge in [-0.2, -0.15) is 0 Å². The molecule has 0 unspecified atom stereocenters. The minimum atomic E-state index is -0.118. The summed E-state index contributed by atoms with van der Waals surface area (Å²) in [5.74, 6) is 0.216. The normalized spacial score (nSPS) is 16.0. The van der Waals surface area contributed by atoms with Crippen molar-refractivity contribution in [2.75, 3.05) is 43.4 Å². The van der Waals surface area contributed by atoms with E-state index in [1.807, 2.05) is 0 Å². The second-order valence-electron chi connectivity index (χ2n) is 6.15. The van der Waals surface area contributed by atoms with Gasteiger partial charge in [0.2, 0.25) is 0 Å². The quantitative estimate of drug-likeness (QED) is 0.763. The zero-order chi connectivity index (χ0) is 15.5. The van der Waals surface area contributed by atoms with Gasteiger partial charge >= 0.3 is 0 Å². The zero-order valence-electron chi connectivity index (χ0n) is 13.0. The van der Waals surface area contributed by atoms with Crippen LogP contribution in [0.25, 0.3) is 0 Å². The topological polar surface area (TPSA) is 83.3 Å². The average Bonchev–Trinajstić information content (AvgIpc) is 2.88. The van der Waals surface area contributed by atoms with Crippen molar-refractivity contribution >= 4 is 28.2 Å². The van der Waals surface area contributed by atoms with Gasteiger partial charge in [0.1, 0.15) is 10.7 Å². The van der Waals surface area contributed by atoms with Crippen LogP contribution >= 0.6 is 11.3 Å². The number of nitrogens with zero attached hydrogens (tertiary/aromatic N) is 2. The molecule has 0 atom stereocenters. The van der Waals surface area contributed by atoms with E-state index in [9.17, 15) is 4.79 Å². The number of carbonyl (C=O) groups excluding carboxylic acids is 1. The van der Waals surface area contributed by atoms with Gasteiger partial charge in [0.05, 0.1) is 0 Å². The fourth-order valence-corrected chi connectivity index (χ4v) is 2.95. The highest BCUT2D eigenvalue weighted by Gasteiger charge is 2.22. The Bertz CT molecular complexity index is 494. The van der Waals surface area contributed by atoms with Crippen molar-refractivity contribution in [1.82, 2.24) is 15.6 Å². The smallest absolute Gasteiger partial charge is 0.265 e. The molecule has 0 saturated carbocycles. The maximum Gasteiger partial charge on any atom is 0.265 e. The van der Waals surface area contributed by atoms with E-state index in [1.165, 1.54) is 11.3 Å². The third-order valence-electron chi connectivity index (χ3n) is 3.92. The van der Waals surface area contributed by atoms with E-state index in [2.05, 4.69) is 41.3 Å². The van der Waals surface area contributed by atoms with Gasteiger partial charge in [-0.1, -0.05) is 32.1 Å². The van der Waals surface area contributed by atoms with Crippen LogP contribution in [0.5, 0.6) is 0 Å². The molecule has 1 saturated heterocycles. The molecule has 1 aromatic heterocycles. The van der Waals surface area contributed by atoms with Gasteiger partial charge in [-0.05, 0) is 11.8 Å². The third kappa shape index (κ3) is 4.07. The number of nitrogen functional groups attached to an aromatic ring is 1. The summed E-state index contributed by atoms with van der Waals surface area (Å²) in [4.78, 5) is 19.3. The van der Waals surface area contributed by atoms with Crippen molar-refractivity contribution in [3.63, 3.8) is 0 Å². The molecule has 21 heavy (non-hydrogen) atoms. The molecule has 0 aliphatic carbocycles. The van der Waals surface area contributed by atoms with E-state index in [4.69, 9.17) is 5.73 Å². The largest absolute Gasteiger partial charge is 0.382 e. The van der Waals surface area contributed by atoms with Gasteiger partial charge in [-0.3, -0.25) is 4.79 Å². The number of hydrogen-bond donors (Lipinski definition) is 3. The summed E-state index contributed by atoms with van der Waals surface area (Å²) >= 11 is 1.38. The van der Waals surface area contributed by atoms with Crippen LogP contribution in [-0.4, -0.2) is 43.6 Å². The van der Waals surface area contributed by atoms with Crippen LogP contribution in [0.2, 0.25) is 0 Å². The van der Waals surface area contributed by atoms with Gasteiger partial charge in [-0.15, -0.1) is 0 Å². The Morgan fingerprint density at radius 1 is 1.48 bits per heavy atom. The number of aromatic nitrogens is 1. The fourth-order valence-electron chi connectivity index (χ4n) is 2.00. The molecular formula is C14H25N5OS. The van der Waals surface area contributed by atoms with Crippen LogP contribution in [0.1, 0.15) is 36.9 Å². The summed E-state index contributed by atoms with van der Waals surface area (Å²) < 4.78 is 0. The summed E-state index contributed by atoms with van der Waals surface area (Å²) in [5, 5.41) is 7.11. The number of nitrogens with one attached hydrogen (secondary N) is 2. The molecule has 1 aliphatic rings. The van der Waals surface area contributed by atoms with Crippen LogP contribution in [-0.2, 0) is 0 Å². The van der Waals surface area contributed by atoms with Crippen molar-refractivity contribution in [3.05, 3.63) is 4.88 Å². The number of piperazine rings is 1. The van der Waals surface area contributed by atoms with Crippen LogP contribution < -0.4 is 21.3 Å². The number of rotatable bonds is 5. The molecule has 0 spiro atoms. The molecule has 0 bridgehead atoms. The highest BCUT2D eigenvalue weighted by atomic mass is 32.1. The lowest BCUT2D eigenvalue weighted by molar-refractivity contribution is 0.0940. The van der Waals surface area contributed by atoms with Crippen molar-refractivity contribution in [3.8, 4) is 0 Å². The monoisotopic (exact) mass is 311 g/mol. The first-order valence-corrected chi connectivity index (χ1v) is 8.25. The third-order valence-corrected chi connectivity index (χ3v) is 5.05. The Balaban J connectivity index is 2.02. The van der Waals surface area contributed by atoms with E-state index >= 15 is 0 Å². The molecule has 1 aliphatic heterocycles. The summed E-state index contributed by atoms with van der Waals surface area (Å²) in [6.45, 7) is 10.7. The Hall–Kier alpha value is -1.34. The first-order chi connectivity index (χ1) is 9.93. The van der Waals surface area contributed by atoms with Gasteiger partial charge in [0.25, 0.3) is 5.91 Å². The average molecular weight is 311 g/mol.